The number of rotatable bonds is 8. The van der Waals surface area contributed by atoms with Crippen LogP contribution in [0.4, 0.5) is 5.69 Å². The zero-order valence-corrected chi connectivity index (χ0v) is 18.6. The Balaban J connectivity index is 1.46. The Hall–Kier alpha value is -0.900. The third-order valence-corrected chi connectivity index (χ3v) is 8.02. The third-order valence-electron chi connectivity index (χ3n) is 6.98. The van der Waals surface area contributed by atoms with Gasteiger partial charge in [-0.15, -0.1) is 0 Å². The summed E-state index contributed by atoms with van der Waals surface area (Å²) in [6.45, 7) is 5.13. The average Bonchev–Trinajstić information content (AvgIpc) is 3.46. The summed E-state index contributed by atoms with van der Waals surface area (Å²) >= 11 is 4.72. The minimum absolute atomic E-state index is 0.203. The van der Waals surface area contributed by atoms with Crippen LogP contribution in [0.3, 0.4) is 0 Å². The molecule has 2 aliphatic carbocycles. The lowest BCUT2D eigenvalue weighted by Gasteiger charge is -2.39. The van der Waals surface area contributed by atoms with E-state index in [9.17, 15) is 14.6 Å². The van der Waals surface area contributed by atoms with E-state index in [-0.39, 0.29) is 11.3 Å². The van der Waals surface area contributed by atoms with Gasteiger partial charge in [0.25, 0.3) is 0 Å². The SMILES string of the molecule is CCN(CC1(c2ccc(N3CCCC(N(O)S(O)=S)C3=O)cc2)CC1)C1CCC1. The highest BCUT2D eigenvalue weighted by molar-refractivity contribution is 8.24. The number of amides is 1. The summed E-state index contributed by atoms with van der Waals surface area (Å²) in [5.74, 6) is -0.203. The maximum absolute atomic E-state index is 12.8. The van der Waals surface area contributed by atoms with Crippen LogP contribution in [0.5, 0.6) is 0 Å². The van der Waals surface area contributed by atoms with Crippen molar-refractivity contribution in [1.29, 1.82) is 0 Å². The molecule has 29 heavy (non-hydrogen) atoms. The quantitative estimate of drug-likeness (QED) is 0.609. The van der Waals surface area contributed by atoms with Gasteiger partial charge in [-0.1, -0.05) is 29.9 Å². The van der Waals surface area contributed by atoms with Gasteiger partial charge in [0.1, 0.15) is 16.0 Å². The smallest absolute Gasteiger partial charge is 0.247 e. The van der Waals surface area contributed by atoms with Crippen LogP contribution in [-0.2, 0) is 31.3 Å². The molecule has 1 aromatic carbocycles. The van der Waals surface area contributed by atoms with Crippen LogP contribution in [0.25, 0.3) is 0 Å². The molecule has 0 radical (unpaired) electrons. The molecule has 1 heterocycles. The van der Waals surface area contributed by atoms with Crippen LogP contribution in [0.15, 0.2) is 24.3 Å². The molecule has 1 saturated heterocycles. The fourth-order valence-corrected chi connectivity index (χ4v) is 5.47. The number of hydrogen-bond donors (Lipinski definition) is 2. The van der Waals surface area contributed by atoms with Crippen molar-refractivity contribution in [3.63, 3.8) is 0 Å². The van der Waals surface area contributed by atoms with Gasteiger partial charge in [-0.2, -0.15) is 0 Å². The standard InChI is InChI=1S/C21H31N3O3S2/c1-2-22(17-5-3-6-17)15-21(12-13-21)16-8-10-18(11-9-16)23-14-4-7-19(20(23)25)24(26)29(27)28/h8-11,17,19,26H,2-7,12-15H2,1H3,(H,27,28). The van der Waals surface area contributed by atoms with Crippen LogP contribution in [-0.4, -0.2) is 56.8 Å². The minimum Gasteiger partial charge on any atom is -0.314 e. The summed E-state index contributed by atoms with van der Waals surface area (Å²) in [5.41, 5.74) is 2.49. The lowest BCUT2D eigenvalue weighted by molar-refractivity contribution is -0.133. The largest absolute Gasteiger partial charge is 0.314 e. The van der Waals surface area contributed by atoms with Crippen molar-refractivity contribution in [2.24, 2.45) is 0 Å². The fourth-order valence-electron chi connectivity index (χ4n) is 4.75. The van der Waals surface area contributed by atoms with Crippen molar-refractivity contribution < 1.29 is 14.6 Å². The maximum atomic E-state index is 12.8. The molecule has 2 atom stereocenters. The minimum atomic E-state index is -1.74. The monoisotopic (exact) mass is 437 g/mol. The van der Waals surface area contributed by atoms with Gasteiger partial charge in [0.2, 0.25) is 5.91 Å². The van der Waals surface area contributed by atoms with Crippen molar-refractivity contribution in [1.82, 2.24) is 9.37 Å². The number of nitrogens with zero attached hydrogens (tertiary/aromatic N) is 3. The Bertz CT molecular complexity index is 765. The first-order valence-corrected chi connectivity index (χ1v) is 12.8. The van der Waals surface area contributed by atoms with Crippen LogP contribution in [0, 0.1) is 0 Å². The van der Waals surface area contributed by atoms with E-state index in [1.165, 1.54) is 37.7 Å². The first-order valence-electron chi connectivity index (χ1n) is 10.7. The Labute approximate surface area is 180 Å². The number of carbonyl (C=O) groups excluding carboxylic acids is 1. The number of likely N-dealkylation sites (N-methyl/N-ethyl adjacent to an activating group) is 1. The van der Waals surface area contributed by atoms with Gasteiger partial charge in [0.15, 0.2) is 0 Å². The molecule has 1 aromatic rings. The van der Waals surface area contributed by atoms with Gasteiger partial charge < -0.3 is 14.7 Å². The second-order valence-electron chi connectivity index (χ2n) is 8.66. The molecule has 1 amide bonds. The van der Waals surface area contributed by atoms with Gasteiger partial charge in [0, 0.05) is 30.2 Å². The Kier molecular flexibility index (Phi) is 6.39. The molecule has 2 N–H and O–H groups in total. The molecule has 0 bridgehead atoms. The Morgan fingerprint density at radius 2 is 1.90 bits per heavy atom. The van der Waals surface area contributed by atoms with E-state index in [2.05, 4.69) is 24.0 Å². The van der Waals surface area contributed by atoms with Gasteiger partial charge in [-0.3, -0.25) is 9.69 Å². The normalized spacial score (nSPS) is 25.3. The van der Waals surface area contributed by atoms with E-state index in [1.807, 2.05) is 12.1 Å². The summed E-state index contributed by atoms with van der Waals surface area (Å²) in [6.07, 6.45) is 7.77. The van der Waals surface area contributed by atoms with Gasteiger partial charge in [0.05, 0.1) is 0 Å². The average molecular weight is 438 g/mol. The summed E-state index contributed by atoms with van der Waals surface area (Å²) in [5, 5.41) is 9.96. The van der Waals surface area contributed by atoms with Crippen molar-refractivity contribution >= 4 is 32.7 Å². The number of piperidine rings is 1. The van der Waals surface area contributed by atoms with Crippen molar-refractivity contribution in [3.8, 4) is 0 Å². The molecule has 2 saturated carbocycles. The molecular weight excluding hydrogens is 406 g/mol. The second kappa shape index (κ2) is 8.69. The number of carbonyl (C=O) groups is 1. The van der Waals surface area contributed by atoms with Crippen LogP contribution >= 0.6 is 0 Å². The van der Waals surface area contributed by atoms with Crippen LogP contribution in [0.1, 0.15) is 57.4 Å². The molecule has 0 spiro atoms. The van der Waals surface area contributed by atoms with E-state index in [4.69, 9.17) is 11.2 Å². The predicted molar refractivity (Wildman–Crippen MR) is 119 cm³/mol. The van der Waals surface area contributed by atoms with Gasteiger partial charge in [-0.25, -0.2) is 0 Å². The lowest BCUT2D eigenvalue weighted by atomic mass is 9.88. The van der Waals surface area contributed by atoms with E-state index >= 15 is 0 Å². The molecule has 6 nitrogen and oxygen atoms in total. The molecule has 160 valence electrons. The fraction of sp³-hybridized carbons (Fsp3) is 0.667. The molecule has 4 rings (SSSR count). The highest BCUT2D eigenvalue weighted by Gasteiger charge is 2.46. The predicted octanol–water partition coefficient (Wildman–Crippen LogP) is 3.25. The van der Waals surface area contributed by atoms with E-state index in [0.717, 1.165) is 31.2 Å². The molecule has 3 fully saturated rings. The summed E-state index contributed by atoms with van der Waals surface area (Å²) < 4.78 is 10.1. The number of hydrogen-bond acceptors (Lipinski definition) is 4. The Morgan fingerprint density at radius 1 is 1.21 bits per heavy atom. The highest BCUT2D eigenvalue weighted by atomic mass is 32.8. The topological polar surface area (TPSA) is 67.2 Å². The first kappa shape index (κ1) is 21.3. The first-order chi connectivity index (χ1) is 13.9. The van der Waals surface area contributed by atoms with E-state index < -0.39 is 16.0 Å². The van der Waals surface area contributed by atoms with Gasteiger partial charge >= 0.3 is 0 Å². The zero-order valence-electron chi connectivity index (χ0n) is 17.0. The van der Waals surface area contributed by atoms with Crippen molar-refractivity contribution in [2.75, 3.05) is 24.5 Å². The van der Waals surface area contributed by atoms with E-state index in [0.29, 0.717) is 17.4 Å². The molecule has 8 heteroatoms. The van der Waals surface area contributed by atoms with Gasteiger partial charge in [-0.05, 0) is 74.0 Å². The molecule has 0 aromatic heterocycles. The van der Waals surface area contributed by atoms with Crippen molar-refractivity contribution in [3.05, 3.63) is 29.8 Å². The maximum Gasteiger partial charge on any atom is 0.247 e. The molecule has 2 unspecified atom stereocenters. The summed E-state index contributed by atoms with van der Waals surface area (Å²) in [7, 11) is -1.74. The number of hydroxylamine groups is 1. The molecule has 1 aliphatic heterocycles. The second-order valence-corrected chi connectivity index (χ2v) is 10.4. The molecular formula is C21H31N3O3S2. The zero-order chi connectivity index (χ0) is 20.6. The summed E-state index contributed by atoms with van der Waals surface area (Å²) in [4.78, 5) is 17.2. The number of benzene rings is 1. The van der Waals surface area contributed by atoms with Crippen LogP contribution < -0.4 is 4.90 Å². The van der Waals surface area contributed by atoms with E-state index in [1.54, 1.807) is 4.90 Å². The summed E-state index contributed by atoms with van der Waals surface area (Å²) in [6, 6.07) is 8.40. The molecule has 3 aliphatic rings. The lowest BCUT2D eigenvalue weighted by Crippen LogP contribution is -2.51. The Morgan fingerprint density at radius 3 is 2.41 bits per heavy atom. The number of anilines is 1. The third kappa shape index (κ3) is 4.29. The highest BCUT2D eigenvalue weighted by Crippen LogP contribution is 2.50. The van der Waals surface area contributed by atoms with Crippen LogP contribution in [0.2, 0.25) is 0 Å². The van der Waals surface area contributed by atoms with Crippen molar-refractivity contribution in [2.45, 2.75) is 69.4 Å².